The van der Waals surface area contributed by atoms with Gasteiger partial charge in [0, 0.05) is 24.4 Å². The Morgan fingerprint density at radius 2 is 2.05 bits per heavy atom. The number of hydrogen-bond donors (Lipinski definition) is 2. The van der Waals surface area contributed by atoms with Crippen LogP contribution in [0.5, 0.6) is 5.75 Å². The third kappa shape index (κ3) is 5.85. The first-order chi connectivity index (χ1) is 9.17. The highest BCUT2D eigenvalue weighted by atomic mass is 32.2. The summed E-state index contributed by atoms with van der Waals surface area (Å²) in [5.41, 5.74) is 6.15. The van der Waals surface area contributed by atoms with Crippen LogP contribution in [0.4, 0.5) is 0 Å². The monoisotopic (exact) mass is 283 g/mol. The molecule has 19 heavy (non-hydrogen) atoms. The number of likely N-dealkylation sites (N-methyl/N-ethyl adjacent to an activating group) is 1. The predicted octanol–water partition coefficient (Wildman–Crippen LogP) is 1.45. The Labute approximate surface area is 118 Å². The molecule has 0 aliphatic heterocycles. The van der Waals surface area contributed by atoms with E-state index in [2.05, 4.69) is 23.4 Å². The molecule has 0 atom stereocenters. The maximum atomic E-state index is 8.56. The zero-order valence-corrected chi connectivity index (χ0v) is 12.2. The van der Waals surface area contributed by atoms with Gasteiger partial charge < -0.3 is 20.6 Å². The number of nitrogens with zero attached hydrogens (tertiary/aromatic N) is 2. The fourth-order valence-corrected chi connectivity index (χ4v) is 1.95. The van der Waals surface area contributed by atoms with Gasteiger partial charge in [-0.05, 0) is 37.6 Å². The zero-order valence-electron chi connectivity index (χ0n) is 11.4. The summed E-state index contributed by atoms with van der Waals surface area (Å²) in [6.07, 6.45) is 2.10. The van der Waals surface area contributed by atoms with E-state index < -0.39 is 0 Å². The van der Waals surface area contributed by atoms with Gasteiger partial charge >= 0.3 is 0 Å². The van der Waals surface area contributed by atoms with Gasteiger partial charge in [0.15, 0.2) is 5.84 Å². The van der Waals surface area contributed by atoms with Crippen LogP contribution in [0, 0.1) is 0 Å². The normalized spacial score (nSPS) is 11.8. The maximum Gasteiger partial charge on any atom is 0.170 e. The lowest BCUT2D eigenvalue weighted by molar-refractivity contribution is 0.245. The van der Waals surface area contributed by atoms with Crippen LogP contribution in [-0.2, 0) is 0 Å². The van der Waals surface area contributed by atoms with E-state index in [1.807, 2.05) is 23.9 Å². The third-order valence-electron chi connectivity index (χ3n) is 2.68. The number of nitrogens with two attached hydrogens (primary N) is 1. The van der Waals surface area contributed by atoms with Gasteiger partial charge in [-0.25, -0.2) is 0 Å². The molecule has 0 fully saturated rings. The molecule has 6 heteroatoms. The first-order valence-electron chi connectivity index (χ1n) is 6.05. The van der Waals surface area contributed by atoms with Gasteiger partial charge in [0.05, 0.1) is 0 Å². The van der Waals surface area contributed by atoms with Gasteiger partial charge in [0.2, 0.25) is 0 Å². The van der Waals surface area contributed by atoms with Crippen molar-refractivity contribution in [2.45, 2.75) is 0 Å². The molecule has 3 N–H and O–H groups in total. The second-order valence-corrected chi connectivity index (χ2v) is 5.14. The summed E-state index contributed by atoms with van der Waals surface area (Å²) in [7, 11) is 2.08. The van der Waals surface area contributed by atoms with Crippen molar-refractivity contribution in [3.8, 4) is 5.75 Å². The van der Waals surface area contributed by atoms with Crippen LogP contribution in [0.2, 0.25) is 0 Å². The highest BCUT2D eigenvalue weighted by Gasteiger charge is 2.01. The van der Waals surface area contributed by atoms with Crippen molar-refractivity contribution in [3.63, 3.8) is 0 Å². The van der Waals surface area contributed by atoms with Gasteiger partial charge in [0.25, 0.3) is 0 Å². The van der Waals surface area contributed by atoms with Gasteiger partial charge in [-0.15, -0.1) is 0 Å². The Morgan fingerprint density at radius 1 is 1.37 bits per heavy atom. The van der Waals surface area contributed by atoms with Crippen LogP contribution in [0.15, 0.2) is 29.4 Å². The van der Waals surface area contributed by atoms with E-state index in [-0.39, 0.29) is 5.84 Å². The molecule has 0 bridgehead atoms. The highest BCUT2D eigenvalue weighted by Crippen LogP contribution is 2.11. The predicted molar refractivity (Wildman–Crippen MR) is 80.3 cm³/mol. The first kappa shape index (κ1) is 15.7. The fraction of sp³-hybridized carbons (Fsp3) is 0.462. The minimum atomic E-state index is 0.100. The van der Waals surface area contributed by atoms with Gasteiger partial charge in [-0.3, -0.25) is 0 Å². The lowest BCUT2D eigenvalue weighted by atomic mass is 10.2. The van der Waals surface area contributed by atoms with E-state index in [0.717, 1.165) is 24.6 Å². The van der Waals surface area contributed by atoms with Crippen LogP contribution >= 0.6 is 11.8 Å². The minimum Gasteiger partial charge on any atom is -0.492 e. The van der Waals surface area contributed by atoms with E-state index >= 15 is 0 Å². The van der Waals surface area contributed by atoms with Crippen LogP contribution in [0.25, 0.3) is 0 Å². The summed E-state index contributed by atoms with van der Waals surface area (Å²) >= 11 is 1.84. The van der Waals surface area contributed by atoms with Gasteiger partial charge in [-0.1, -0.05) is 5.16 Å². The Morgan fingerprint density at radius 3 is 2.63 bits per heavy atom. The summed E-state index contributed by atoms with van der Waals surface area (Å²) in [6, 6.07) is 7.16. The smallest absolute Gasteiger partial charge is 0.170 e. The minimum absolute atomic E-state index is 0.100. The number of amidine groups is 1. The van der Waals surface area contributed by atoms with Crippen LogP contribution in [0.3, 0.4) is 0 Å². The van der Waals surface area contributed by atoms with Crippen molar-refractivity contribution in [1.29, 1.82) is 0 Å². The van der Waals surface area contributed by atoms with Crippen molar-refractivity contribution in [3.05, 3.63) is 29.8 Å². The molecule has 1 aromatic rings. The molecule has 0 heterocycles. The van der Waals surface area contributed by atoms with Crippen LogP contribution in [0.1, 0.15) is 5.56 Å². The summed E-state index contributed by atoms with van der Waals surface area (Å²) in [6.45, 7) is 2.60. The molecule has 0 amide bonds. The molecule has 0 aliphatic rings. The Bertz CT molecular complexity index is 395. The maximum absolute atomic E-state index is 8.56. The number of hydrogen-bond acceptors (Lipinski definition) is 5. The SMILES string of the molecule is CSCCN(C)CCOc1ccc(/C(N)=N/O)cc1. The number of ether oxygens (including phenoxy) is 1. The standard InChI is InChI=1S/C13H21N3O2S/c1-16(8-10-19-2)7-9-18-12-5-3-11(4-6-12)13(14)15-17/h3-6,17H,7-10H2,1-2H3,(H2,14,15). The molecule has 1 rings (SSSR count). The molecule has 0 aromatic heterocycles. The molecule has 0 aliphatic carbocycles. The average Bonchev–Trinajstić information content (AvgIpc) is 2.45. The Kier molecular flexibility index (Phi) is 7.14. The van der Waals surface area contributed by atoms with E-state index in [4.69, 9.17) is 15.7 Å². The molecular weight excluding hydrogens is 262 g/mol. The summed E-state index contributed by atoms with van der Waals surface area (Å²) in [4.78, 5) is 2.24. The first-order valence-corrected chi connectivity index (χ1v) is 7.45. The van der Waals surface area contributed by atoms with Gasteiger partial charge in [0.1, 0.15) is 12.4 Å². The lowest BCUT2D eigenvalue weighted by Gasteiger charge is -2.16. The quantitative estimate of drug-likeness (QED) is 0.327. The van der Waals surface area contributed by atoms with Gasteiger partial charge in [-0.2, -0.15) is 11.8 Å². The average molecular weight is 283 g/mol. The number of oxime groups is 1. The molecule has 1 aromatic carbocycles. The third-order valence-corrected chi connectivity index (χ3v) is 3.27. The zero-order chi connectivity index (χ0) is 14.1. The van der Waals surface area contributed by atoms with E-state index in [9.17, 15) is 0 Å². The van der Waals surface area contributed by atoms with Crippen molar-refractivity contribution < 1.29 is 9.94 Å². The molecule has 0 saturated heterocycles. The van der Waals surface area contributed by atoms with Crippen LogP contribution in [-0.4, -0.2) is 54.7 Å². The summed E-state index contributed by atoms with van der Waals surface area (Å²) < 4.78 is 5.63. The van der Waals surface area contributed by atoms with E-state index in [0.29, 0.717) is 12.2 Å². The molecular formula is C13H21N3O2S. The topological polar surface area (TPSA) is 71.1 Å². The van der Waals surface area contributed by atoms with Crippen LogP contribution < -0.4 is 10.5 Å². The summed E-state index contributed by atoms with van der Waals surface area (Å²) in [5, 5.41) is 11.5. The van der Waals surface area contributed by atoms with Crippen molar-refractivity contribution in [1.82, 2.24) is 4.90 Å². The highest BCUT2D eigenvalue weighted by molar-refractivity contribution is 7.98. The molecule has 0 spiro atoms. The molecule has 106 valence electrons. The van der Waals surface area contributed by atoms with E-state index in [1.54, 1.807) is 12.1 Å². The molecule has 0 unspecified atom stereocenters. The van der Waals surface area contributed by atoms with E-state index in [1.165, 1.54) is 0 Å². The second-order valence-electron chi connectivity index (χ2n) is 4.15. The molecule has 5 nitrogen and oxygen atoms in total. The molecule has 0 saturated carbocycles. The van der Waals surface area contributed by atoms with Crippen molar-refractivity contribution in [2.24, 2.45) is 10.9 Å². The Balaban J connectivity index is 2.34. The fourth-order valence-electron chi connectivity index (χ4n) is 1.46. The number of benzene rings is 1. The number of thioether (sulfide) groups is 1. The van der Waals surface area contributed by atoms with Crippen molar-refractivity contribution in [2.75, 3.05) is 38.8 Å². The Hall–Kier alpha value is -1.40. The largest absolute Gasteiger partial charge is 0.492 e. The number of rotatable bonds is 8. The lowest BCUT2D eigenvalue weighted by Crippen LogP contribution is -2.26. The summed E-state index contributed by atoms with van der Waals surface area (Å²) in [5.74, 6) is 2.02. The molecule has 0 radical (unpaired) electrons. The second kappa shape index (κ2) is 8.66. The van der Waals surface area contributed by atoms with Crippen molar-refractivity contribution >= 4 is 17.6 Å².